The van der Waals surface area contributed by atoms with E-state index in [4.69, 9.17) is 18.9 Å². The minimum atomic E-state index is -1.28. The number of methoxy groups -OCH3 is 4. The molecule has 0 aliphatic heterocycles. The fraction of sp³-hybridized carbons (Fsp3) is 0.0392. The zero-order chi connectivity index (χ0) is 74.3. The van der Waals surface area contributed by atoms with E-state index >= 15 is 0 Å². The van der Waals surface area contributed by atoms with Crippen molar-refractivity contribution in [3.63, 3.8) is 0 Å². The third kappa shape index (κ3) is 14.1. The average molecular weight is 1490 g/mol. The second-order valence-corrected chi connectivity index (χ2v) is 35.6. The molecule has 0 aromatic heterocycles. The first kappa shape index (κ1) is 71.1. The Morgan fingerprint density at radius 1 is 0.164 bits per heavy atom. The summed E-state index contributed by atoms with van der Waals surface area (Å²) in [5.41, 5.74) is 6.72. The lowest BCUT2D eigenvalue weighted by atomic mass is 9.96. The summed E-state index contributed by atoms with van der Waals surface area (Å²) in [6, 6.07) is 146. The van der Waals surface area contributed by atoms with E-state index in [1.807, 2.05) is 7.11 Å². The van der Waals surface area contributed by atoms with Crippen molar-refractivity contribution < 1.29 is 18.9 Å². The highest BCUT2D eigenvalue weighted by molar-refractivity contribution is 7.81. The normalized spacial score (nSPS) is 11.7. The van der Waals surface area contributed by atoms with E-state index in [2.05, 4.69) is 400 Å². The van der Waals surface area contributed by atoms with Gasteiger partial charge < -0.3 is 18.9 Å². The van der Waals surface area contributed by atoms with Crippen LogP contribution in [0, 0.1) is 0 Å². The van der Waals surface area contributed by atoms with Gasteiger partial charge in [-0.05, 0) is 209 Å². The van der Waals surface area contributed by atoms with Crippen molar-refractivity contribution in [1.82, 2.24) is 0 Å². The summed E-state index contributed by atoms with van der Waals surface area (Å²) in [6.07, 6.45) is 0. The molecule has 18 aromatic carbocycles. The number of rotatable bonds is 19. The highest BCUT2D eigenvalue weighted by Gasteiger charge is 2.34. The van der Waals surface area contributed by atoms with Crippen molar-refractivity contribution in [2.24, 2.45) is 0 Å². The Balaban J connectivity index is 0.000000180. The molecule has 1 unspecified atom stereocenters. The Morgan fingerprint density at radius 3 is 0.764 bits per heavy atom. The minimum absolute atomic E-state index is 0.807. The van der Waals surface area contributed by atoms with E-state index in [9.17, 15) is 0 Å². The molecule has 0 saturated heterocycles. The summed E-state index contributed by atoms with van der Waals surface area (Å²) in [5.74, 6) is 3.30. The van der Waals surface area contributed by atoms with Gasteiger partial charge in [-0.25, -0.2) is 0 Å². The second-order valence-electron chi connectivity index (χ2n) is 26.9. The van der Waals surface area contributed by atoms with Crippen molar-refractivity contribution in [2.45, 2.75) is 0 Å². The first-order valence-corrected chi connectivity index (χ1v) is 42.4. The van der Waals surface area contributed by atoms with E-state index in [1.54, 1.807) is 21.3 Å². The Hall–Kier alpha value is -11.8. The Morgan fingerprint density at radius 2 is 0.418 bits per heavy atom. The summed E-state index contributed by atoms with van der Waals surface area (Å²) in [7, 11) is 2.92. The van der Waals surface area contributed by atoms with E-state index in [0.29, 0.717) is 0 Å². The molecule has 18 rings (SSSR count). The van der Waals surface area contributed by atoms with Crippen LogP contribution in [0.1, 0.15) is 0 Å². The first-order chi connectivity index (χ1) is 54.4. The predicted octanol–water partition coefficient (Wildman–Crippen LogP) is 21.2. The average Bonchev–Trinajstić information content (AvgIpc) is 0.775. The highest BCUT2D eigenvalue weighted by Crippen LogP contribution is 2.51. The van der Waals surface area contributed by atoms with Crippen molar-refractivity contribution >= 4 is 149 Å². The van der Waals surface area contributed by atoms with Gasteiger partial charge in [-0.3, -0.25) is 0 Å². The number of ether oxygens (including phenoxy) is 4. The molecule has 530 valence electrons. The van der Waals surface area contributed by atoms with E-state index in [1.165, 1.54) is 129 Å². The lowest BCUT2D eigenvalue weighted by molar-refractivity contribution is 0.411. The minimum Gasteiger partial charge on any atom is -0.496 e. The van der Waals surface area contributed by atoms with Gasteiger partial charge in [0.2, 0.25) is 0 Å². The fourth-order valence-electron chi connectivity index (χ4n) is 15.5. The summed E-state index contributed by atoms with van der Waals surface area (Å²) in [5, 5.41) is 27.3. The van der Waals surface area contributed by atoms with E-state index in [-0.39, 0.29) is 0 Å². The fourth-order valence-corrected chi connectivity index (χ4v) is 25.7. The van der Waals surface area contributed by atoms with E-state index < -0.39 is 31.7 Å². The molecule has 8 heteroatoms. The van der Waals surface area contributed by atoms with Crippen molar-refractivity contribution in [3.05, 3.63) is 400 Å². The molecule has 0 heterocycles. The van der Waals surface area contributed by atoms with Crippen molar-refractivity contribution in [1.29, 1.82) is 0 Å². The van der Waals surface area contributed by atoms with Gasteiger partial charge in [0.25, 0.3) is 0 Å². The molecule has 4 nitrogen and oxygen atoms in total. The summed E-state index contributed by atoms with van der Waals surface area (Å²) >= 11 is 0. The quantitative estimate of drug-likeness (QED) is 0.0756. The smallest absolute Gasteiger partial charge is 0.127 e. The SMILES string of the molecule is COc1cccc(P(c2ccc3ccccc3c2)c2ccc3ccccc3c2)c1-c1c(OC)cccc1P(c1ccc2ccccc2c1)c1ccc2ccccc2c1-c1ccc2ccccc2c1.COc1cccc(P(c2ccccc2)c2ccccc2)c1-c1c(OC)cccc1P(c1ccccc1)c1ccccc1. The molecule has 0 spiro atoms. The Kier molecular flexibility index (Phi) is 21.0. The number of fused-ring (bicyclic) bond motifs is 5. The molecule has 0 aliphatic rings. The van der Waals surface area contributed by atoms with Crippen LogP contribution in [-0.2, 0) is 0 Å². The van der Waals surface area contributed by atoms with Gasteiger partial charge in [-0.15, -0.1) is 0 Å². The zero-order valence-corrected chi connectivity index (χ0v) is 65.1. The lowest BCUT2D eigenvalue weighted by Gasteiger charge is -2.30. The molecule has 110 heavy (non-hydrogen) atoms. The molecule has 1 atom stereocenters. The molecule has 0 N–H and O–H groups in total. The van der Waals surface area contributed by atoms with Crippen molar-refractivity contribution in [3.8, 4) is 56.4 Å². The maximum Gasteiger partial charge on any atom is 0.127 e. The molecule has 0 radical (unpaired) electrons. The molecule has 0 saturated carbocycles. The standard InChI is InChI=1S/C64H46O2P2.C38H32O2P2/c1-65-57-25-13-27-59(67(53-35-31-44-16-4-8-21-49(44)40-53)54-36-32-45-17-5-9-22-50(45)41-54)63(57)64-58(66-2)26-14-28-60(64)68(55-37-33-46-18-6-10-23-51(46)42-55)61-38-34-47-19-11-12-24-56(47)62(61)52-30-29-43-15-3-7-20-48(43)39-52;1-39-33-25-15-27-35(41(29-17-7-3-8-18-29)30-19-9-4-10-20-30)37(33)38-34(40-2)26-16-28-36(38)42(31-21-11-5-12-22-31)32-23-13-6-14-24-32/h3-42H,1-2H3;3-28H,1-2H3. The van der Waals surface area contributed by atoms with Gasteiger partial charge >= 0.3 is 0 Å². The Bertz CT molecular complexity index is 6040. The van der Waals surface area contributed by atoms with Gasteiger partial charge in [0, 0.05) is 22.3 Å². The summed E-state index contributed by atoms with van der Waals surface area (Å²) < 4.78 is 25.5. The first-order valence-electron chi connectivity index (χ1n) is 37.0. The molecular formula is C102H78O4P4. The van der Waals surface area contributed by atoms with Crippen LogP contribution >= 0.6 is 31.7 Å². The van der Waals surface area contributed by atoms with Crippen LogP contribution in [0.15, 0.2) is 400 Å². The largest absolute Gasteiger partial charge is 0.496 e. The van der Waals surface area contributed by atoms with Gasteiger partial charge in [0.1, 0.15) is 23.0 Å². The van der Waals surface area contributed by atoms with Crippen LogP contribution in [0.5, 0.6) is 23.0 Å². The number of hydrogen-bond donors (Lipinski definition) is 0. The third-order valence-corrected chi connectivity index (χ3v) is 30.5. The number of benzene rings is 18. The van der Waals surface area contributed by atoms with Gasteiger partial charge in [-0.1, -0.05) is 352 Å². The Labute approximate surface area is 648 Å². The molecule has 0 fully saturated rings. The van der Waals surface area contributed by atoms with Crippen LogP contribution in [0.25, 0.3) is 87.2 Å². The van der Waals surface area contributed by atoms with Crippen LogP contribution in [0.3, 0.4) is 0 Å². The van der Waals surface area contributed by atoms with Crippen LogP contribution in [0.2, 0.25) is 0 Å². The maximum atomic E-state index is 6.59. The highest BCUT2D eigenvalue weighted by atomic mass is 31.1. The van der Waals surface area contributed by atoms with Gasteiger partial charge in [-0.2, -0.15) is 0 Å². The van der Waals surface area contributed by atoms with Gasteiger partial charge in [0.15, 0.2) is 0 Å². The monoisotopic (exact) mass is 1490 g/mol. The topological polar surface area (TPSA) is 36.9 Å². The van der Waals surface area contributed by atoms with E-state index in [0.717, 1.165) is 45.3 Å². The van der Waals surface area contributed by atoms with Gasteiger partial charge in [0.05, 0.1) is 28.4 Å². The molecule has 0 amide bonds. The molecule has 0 bridgehead atoms. The predicted molar refractivity (Wildman–Crippen MR) is 478 cm³/mol. The molecule has 18 aromatic rings. The van der Waals surface area contributed by atoms with Crippen LogP contribution < -0.4 is 82.6 Å². The zero-order valence-electron chi connectivity index (χ0n) is 61.5. The molecule has 0 aliphatic carbocycles. The van der Waals surface area contributed by atoms with Crippen LogP contribution in [-0.4, -0.2) is 28.4 Å². The van der Waals surface area contributed by atoms with Crippen LogP contribution in [0.4, 0.5) is 0 Å². The second kappa shape index (κ2) is 32.6. The lowest BCUT2D eigenvalue weighted by Crippen LogP contribution is -2.27. The van der Waals surface area contributed by atoms with Crippen molar-refractivity contribution in [2.75, 3.05) is 28.4 Å². The maximum absolute atomic E-state index is 6.59. The third-order valence-electron chi connectivity index (χ3n) is 20.6. The summed E-state index contributed by atoms with van der Waals surface area (Å²) in [6.45, 7) is 0. The number of hydrogen-bond acceptors (Lipinski definition) is 4. The molecular weight excluding hydrogens is 1410 g/mol. The summed E-state index contributed by atoms with van der Waals surface area (Å²) in [4.78, 5) is 0.